The van der Waals surface area contributed by atoms with E-state index in [9.17, 15) is 20.1 Å². The van der Waals surface area contributed by atoms with E-state index in [1.54, 1.807) is 6.08 Å². The quantitative estimate of drug-likeness (QED) is 0.345. The summed E-state index contributed by atoms with van der Waals surface area (Å²) in [4.78, 5) is 10.5. The van der Waals surface area contributed by atoms with Gasteiger partial charge in [-0.25, -0.2) is 0 Å². The highest BCUT2D eigenvalue weighted by atomic mass is 16.4. The van der Waals surface area contributed by atoms with Crippen LogP contribution in [0.3, 0.4) is 0 Å². The molecule has 0 amide bonds. The van der Waals surface area contributed by atoms with E-state index >= 15 is 0 Å². The number of benzene rings is 1. The van der Waals surface area contributed by atoms with Crippen molar-refractivity contribution in [3.05, 3.63) is 60.2 Å². The van der Waals surface area contributed by atoms with Crippen LogP contribution in [-0.4, -0.2) is 44.7 Å². The lowest BCUT2D eigenvalue weighted by molar-refractivity contribution is -0.137. The molecule has 0 aromatic heterocycles. The zero-order valence-electron chi connectivity index (χ0n) is 16.2. The fourth-order valence-corrected chi connectivity index (χ4v) is 3.76. The lowest BCUT2D eigenvalue weighted by Crippen LogP contribution is -2.20. The van der Waals surface area contributed by atoms with E-state index in [1.807, 2.05) is 48.6 Å². The van der Waals surface area contributed by atoms with Gasteiger partial charge in [-0.15, -0.1) is 0 Å². The van der Waals surface area contributed by atoms with Crippen LogP contribution < -0.4 is 0 Å². The molecule has 154 valence electrons. The van der Waals surface area contributed by atoms with E-state index in [1.165, 1.54) is 5.56 Å². The second-order valence-electron chi connectivity index (χ2n) is 7.58. The van der Waals surface area contributed by atoms with Gasteiger partial charge in [-0.05, 0) is 43.6 Å². The minimum absolute atomic E-state index is 0.0942. The molecular weight excluding hydrogens is 356 g/mol. The van der Waals surface area contributed by atoms with Crippen molar-refractivity contribution >= 4 is 5.97 Å². The molecule has 0 heterocycles. The molecular formula is C23H32O5. The van der Waals surface area contributed by atoms with Gasteiger partial charge >= 0.3 is 5.97 Å². The van der Waals surface area contributed by atoms with Gasteiger partial charge in [0.1, 0.15) is 0 Å². The molecule has 5 atom stereocenters. The van der Waals surface area contributed by atoms with E-state index in [4.69, 9.17) is 5.11 Å². The molecule has 4 N–H and O–H groups in total. The van der Waals surface area contributed by atoms with Crippen molar-refractivity contribution in [3.63, 3.8) is 0 Å². The SMILES string of the molecule is O=C(O)CCC/C=C\C[C@@H]1C(O)CC(O)[C@@H]1/C=C/C(O)CCc1ccccc1. The number of carboxylic acid groups (broad SMARTS) is 1. The third kappa shape index (κ3) is 7.58. The van der Waals surface area contributed by atoms with Crippen LogP contribution in [0.2, 0.25) is 0 Å². The fourth-order valence-electron chi connectivity index (χ4n) is 3.76. The molecule has 0 radical (unpaired) electrons. The highest BCUT2D eigenvalue weighted by molar-refractivity contribution is 5.66. The molecule has 1 fully saturated rings. The van der Waals surface area contributed by atoms with Gasteiger partial charge in [0.25, 0.3) is 0 Å². The standard InChI is InChI=1S/C23H32O5/c24-18(13-12-17-8-4-3-5-9-17)14-15-20-19(21(25)16-22(20)26)10-6-1-2-7-11-23(27)28/h1,3-6,8-9,14-15,18-22,24-26H,2,7,10-13,16H2,(H,27,28)/b6-1-,15-14+/t18?,19-,20+,21?,22?/m0/s1. The topological polar surface area (TPSA) is 98.0 Å². The normalized spacial score (nSPS) is 26.2. The van der Waals surface area contributed by atoms with Gasteiger partial charge in [-0.2, -0.15) is 0 Å². The van der Waals surface area contributed by atoms with E-state index in [0.717, 1.165) is 6.42 Å². The van der Waals surface area contributed by atoms with Crippen LogP contribution in [0.25, 0.3) is 0 Å². The Morgan fingerprint density at radius 1 is 1.14 bits per heavy atom. The molecule has 0 saturated heterocycles. The van der Waals surface area contributed by atoms with E-state index < -0.39 is 24.3 Å². The molecule has 0 spiro atoms. The van der Waals surface area contributed by atoms with Gasteiger partial charge in [0, 0.05) is 18.8 Å². The lowest BCUT2D eigenvalue weighted by Gasteiger charge is -2.19. The molecule has 1 aromatic carbocycles. The Kier molecular flexibility index (Phi) is 9.41. The number of allylic oxidation sites excluding steroid dienone is 2. The number of hydrogen-bond acceptors (Lipinski definition) is 4. The first-order valence-electron chi connectivity index (χ1n) is 10.1. The first-order valence-corrected chi connectivity index (χ1v) is 10.1. The monoisotopic (exact) mass is 388 g/mol. The Morgan fingerprint density at radius 3 is 2.61 bits per heavy atom. The first kappa shape index (κ1) is 22.3. The number of aliphatic hydroxyl groups excluding tert-OH is 3. The number of aryl methyl sites for hydroxylation is 1. The van der Waals surface area contributed by atoms with Crippen LogP contribution in [0, 0.1) is 11.8 Å². The summed E-state index contributed by atoms with van der Waals surface area (Å²) in [6, 6.07) is 9.99. The predicted molar refractivity (Wildman–Crippen MR) is 109 cm³/mol. The Bertz CT molecular complexity index is 640. The second-order valence-corrected chi connectivity index (χ2v) is 7.58. The van der Waals surface area contributed by atoms with Crippen LogP contribution in [0.5, 0.6) is 0 Å². The molecule has 28 heavy (non-hydrogen) atoms. The van der Waals surface area contributed by atoms with E-state index in [0.29, 0.717) is 32.1 Å². The molecule has 1 aliphatic carbocycles. The van der Waals surface area contributed by atoms with Gasteiger partial charge in [-0.1, -0.05) is 54.6 Å². The largest absolute Gasteiger partial charge is 0.481 e. The molecule has 5 nitrogen and oxygen atoms in total. The number of aliphatic carboxylic acids is 1. The Labute approximate surface area is 167 Å². The van der Waals surface area contributed by atoms with Crippen LogP contribution >= 0.6 is 0 Å². The zero-order valence-corrected chi connectivity index (χ0v) is 16.2. The minimum atomic E-state index is -0.793. The van der Waals surface area contributed by atoms with Gasteiger partial charge in [0.2, 0.25) is 0 Å². The molecule has 0 aliphatic heterocycles. The Hall–Kier alpha value is -1.95. The summed E-state index contributed by atoms with van der Waals surface area (Å²) in [5, 5.41) is 39.4. The molecule has 1 aromatic rings. The molecule has 1 aliphatic rings. The van der Waals surface area contributed by atoms with Crippen molar-refractivity contribution in [1.29, 1.82) is 0 Å². The number of hydrogen-bond donors (Lipinski definition) is 4. The van der Waals surface area contributed by atoms with E-state index in [2.05, 4.69) is 0 Å². The molecule has 2 rings (SSSR count). The number of rotatable bonds is 11. The first-order chi connectivity index (χ1) is 13.5. The summed E-state index contributed by atoms with van der Waals surface area (Å²) in [6.07, 6.45) is 9.51. The van der Waals surface area contributed by atoms with Gasteiger partial charge in [0.15, 0.2) is 0 Å². The lowest BCUT2D eigenvalue weighted by atomic mass is 9.89. The van der Waals surface area contributed by atoms with Crippen LogP contribution in [0.4, 0.5) is 0 Å². The number of unbranched alkanes of at least 4 members (excludes halogenated alkanes) is 1. The second kappa shape index (κ2) is 11.8. The molecule has 0 bridgehead atoms. The maximum absolute atomic E-state index is 10.5. The average Bonchev–Trinajstić information content (AvgIpc) is 2.94. The zero-order chi connectivity index (χ0) is 20.4. The van der Waals surface area contributed by atoms with Crippen LogP contribution in [-0.2, 0) is 11.2 Å². The van der Waals surface area contributed by atoms with Crippen molar-refractivity contribution in [2.24, 2.45) is 11.8 Å². The van der Waals surface area contributed by atoms with Gasteiger partial charge in [0.05, 0.1) is 18.3 Å². The van der Waals surface area contributed by atoms with Crippen LogP contribution in [0.15, 0.2) is 54.6 Å². The number of aliphatic hydroxyl groups is 3. The third-order valence-corrected chi connectivity index (χ3v) is 5.38. The summed E-state index contributed by atoms with van der Waals surface area (Å²) in [7, 11) is 0. The van der Waals surface area contributed by atoms with Gasteiger partial charge < -0.3 is 20.4 Å². The number of carbonyl (C=O) groups is 1. The molecule has 1 saturated carbocycles. The van der Waals surface area contributed by atoms with Crippen molar-refractivity contribution in [2.75, 3.05) is 0 Å². The maximum atomic E-state index is 10.5. The Balaban J connectivity index is 1.82. The summed E-state index contributed by atoms with van der Waals surface area (Å²) < 4.78 is 0. The predicted octanol–water partition coefficient (Wildman–Crippen LogP) is 3.10. The summed E-state index contributed by atoms with van der Waals surface area (Å²) >= 11 is 0. The molecule has 5 heteroatoms. The third-order valence-electron chi connectivity index (χ3n) is 5.38. The fraction of sp³-hybridized carbons (Fsp3) is 0.522. The van der Waals surface area contributed by atoms with Gasteiger partial charge in [-0.3, -0.25) is 4.79 Å². The minimum Gasteiger partial charge on any atom is -0.481 e. The summed E-state index contributed by atoms with van der Waals surface area (Å²) in [5.41, 5.74) is 1.18. The van der Waals surface area contributed by atoms with Crippen molar-refractivity contribution in [3.8, 4) is 0 Å². The summed E-state index contributed by atoms with van der Waals surface area (Å²) in [6.45, 7) is 0. The smallest absolute Gasteiger partial charge is 0.303 e. The highest BCUT2D eigenvalue weighted by Crippen LogP contribution is 2.36. The summed E-state index contributed by atoms with van der Waals surface area (Å²) in [5.74, 6) is -1.08. The van der Waals surface area contributed by atoms with Crippen molar-refractivity contribution in [2.45, 2.75) is 63.3 Å². The van der Waals surface area contributed by atoms with Crippen molar-refractivity contribution in [1.82, 2.24) is 0 Å². The van der Waals surface area contributed by atoms with E-state index in [-0.39, 0.29) is 18.3 Å². The maximum Gasteiger partial charge on any atom is 0.303 e. The highest BCUT2D eigenvalue weighted by Gasteiger charge is 2.39. The molecule has 3 unspecified atom stereocenters. The Morgan fingerprint density at radius 2 is 1.89 bits per heavy atom. The average molecular weight is 389 g/mol. The van der Waals surface area contributed by atoms with Crippen LogP contribution in [0.1, 0.15) is 44.1 Å². The van der Waals surface area contributed by atoms with Crippen molar-refractivity contribution < 1.29 is 25.2 Å². The number of carboxylic acids is 1.